The third-order valence-corrected chi connectivity index (χ3v) is 3.22. The maximum atomic E-state index is 4.24. The molecule has 1 heterocycles. The summed E-state index contributed by atoms with van der Waals surface area (Å²) in [4.78, 5) is 0. The summed E-state index contributed by atoms with van der Waals surface area (Å²) < 4.78 is 0. The Morgan fingerprint density at radius 1 is 1.10 bits per heavy atom. The fraction of sp³-hybridized carbons (Fsp3) is 0.500. The van der Waals surface area contributed by atoms with Crippen LogP contribution in [0.2, 0.25) is 0 Å². The van der Waals surface area contributed by atoms with Crippen LogP contribution in [-0.2, 0) is 6.42 Å². The Bertz CT molecular complexity index is 619. The second-order valence-electron chi connectivity index (χ2n) is 7.91. The number of nitrogens with zero attached hydrogens (tertiary/aromatic N) is 1. The second kappa shape index (κ2) is 5.08. The molecule has 20 heavy (non-hydrogen) atoms. The summed E-state index contributed by atoms with van der Waals surface area (Å²) >= 11 is 0. The highest BCUT2D eigenvalue weighted by Crippen LogP contribution is 2.28. The number of aromatic nitrogens is 2. The predicted molar refractivity (Wildman–Crippen MR) is 87.7 cm³/mol. The molecule has 2 aromatic rings. The lowest BCUT2D eigenvalue weighted by atomic mass is 9.86. The first-order valence-electron chi connectivity index (χ1n) is 7.30. The van der Waals surface area contributed by atoms with Gasteiger partial charge in [0.2, 0.25) is 0 Å². The molecule has 0 aliphatic rings. The Labute approximate surface area is 122 Å². The van der Waals surface area contributed by atoms with E-state index >= 15 is 0 Å². The van der Waals surface area contributed by atoms with Crippen LogP contribution in [0, 0.1) is 10.8 Å². The van der Waals surface area contributed by atoms with E-state index in [0.717, 1.165) is 11.9 Å². The molecule has 2 nitrogen and oxygen atoms in total. The van der Waals surface area contributed by atoms with Crippen LogP contribution in [0.3, 0.4) is 0 Å². The molecule has 0 amide bonds. The summed E-state index contributed by atoms with van der Waals surface area (Å²) in [5.74, 6) is 0. The molecule has 0 radical (unpaired) electrons. The monoisotopic (exact) mass is 270 g/mol. The molecule has 0 unspecified atom stereocenters. The molecule has 0 aliphatic carbocycles. The Kier molecular flexibility index (Phi) is 3.77. The zero-order valence-corrected chi connectivity index (χ0v) is 13.5. The summed E-state index contributed by atoms with van der Waals surface area (Å²) in [5.41, 5.74) is 4.20. The van der Waals surface area contributed by atoms with Crippen molar-refractivity contribution in [3.63, 3.8) is 0 Å². The Hall–Kier alpha value is -1.57. The second-order valence-corrected chi connectivity index (χ2v) is 7.91. The fourth-order valence-corrected chi connectivity index (χ4v) is 2.32. The lowest BCUT2D eigenvalue weighted by Gasteiger charge is -2.19. The lowest BCUT2D eigenvalue weighted by molar-refractivity contribution is 0.412. The van der Waals surface area contributed by atoms with Crippen LogP contribution in [-0.4, -0.2) is 10.2 Å². The van der Waals surface area contributed by atoms with Crippen molar-refractivity contribution in [3.05, 3.63) is 35.5 Å². The molecule has 2 rings (SSSR count). The van der Waals surface area contributed by atoms with Crippen LogP contribution in [0.1, 0.15) is 52.7 Å². The average Bonchev–Trinajstić information content (AvgIpc) is 2.74. The molecule has 1 aromatic carbocycles. The maximum absolute atomic E-state index is 4.24. The van der Waals surface area contributed by atoms with Crippen LogP contribution in [0.5, 0.6) is 0 Å². The molecule has 0 saturated heterocycles. The third kappa shape index (κ3) is 3.72. The molecule has 0 bridgehead atoms. The number of rotatable bonds is 2. The number of hydrogen-bond acceptors (Lipinski definition) is 1. The molecule has 2 heteroatoms. The van der Waals surface area contributed by atoms with E-state index in [-0.39, 0.29) is 10.8 Å². The van der Waals surface area contributed by atoms with E-state index < -0.39 is 0 Å². The van der Waals surface area contributed by atoms with E-state index in [1.807, 2.05) is 6.20 Å². The van der Waals surface area contributed by atoms with Gasteiger partial charge in [-0.25, -0.2) is 0 Å². The van der Waals surface area contributed by atoms with E-state index in [1.165, 1.54) is 16.5 Å². The van der Waals surface area contributed by atoms with Gasteiger partial charge in [0, 0.05) is 5.39 Å². The van der Waals surface area contributed by atoms with Gasteiger partial charge in [-0.15, -0.1) is 0 Å². The average molecular weight is 270 g/mol. The van der Waals surface area contributed by atoms with Crippen molar-refractivity contribution in [2.75, 3.05) is 0 Å². The molecule has 108 valence electrons. The third-order valence-electron chi connectivity index (χ3n) is 3.22. The van der Waals surface area contributed by atoms with Crippen molar-refractivity contribution in [2.24, 2.45) is 10.8 Å². The van der Waals surface area contributed by atoms with Crippen molar-refractivity contribution >= 4 is 17.0 Å². The van der Waals surface area contributed by atoms with E-state index in [0.29, 0.717) is 0 Å². The first-order valence-corrected chi connectivity index (χ1v) is 7.30. The predicted octanol–water partition coefficient (Wildman–Crippen LogP) is 5.21. The summed E-state index contributed by atoms with van der Waals surface area (Å²) in [5, 5.41) is 8.63. The Balaban J connectivity index is 2.44. The topological polar surface area (TPSA) is 28.7 Å². The quantitative estimate of drug-likeness (QED) is 0.797. The molecule has 1 N–H and O–H groups in total. The minimum absolute atomic E-state index is 0.191. The number of allylic oxidation sites excluding steroid dienone is 1. The Morgan fingerprint density at radius 3 is 2.40 bits per heavy atom. The minimum atomic E-state index is 0.191. The van der Waals surface area contributed by atoms with E-state index in [9.17, 15) is 0 Å². The van der Waals surface area contributed by atoms with Crippen molar-refractivity contribution in [3.8, 4) is 0 Å². The van der Waals surface area contributed by atoms with Crippen LogP contribution in [0.4, 0.5) is 0 Å². The SMILES string of the molecule is CC(C)(C)/C=C/c1ccc(CC(C)(C)C)c2cn[nH]c12. The van der Waals surface area contributed by atoms with Crippen LogP contribution < -0.4 is 0 Å². The highest BCUT2D eigenvalue weighted by molar-refractivity contribution is 5.89. The zero-order chi connectivity index (χ0) is 15.0. The van der Waals surface area contributed by atoms with Gasteiger partial charge in [0.15, 0.2) is 0 Å². The molecular formula is C18H26N2. The first-order chi connectivity index (χ1) is 9.16. The number of H-pyrrole nitrogens is 1. The zero-order valence-electron chi connectivity index (χ0n) is 13.5. The Morgan fingerprint density at radius 2 is 1.80 bits per heavy atom. The normalized spacial score (nSPS) is 13.5. The first kappa shape index (κ1) is 14.8. The minimum Gasteiger partial charge on any atom is -0.277 e. The van der Waals surface area contributed by atoms with Crippen molar-refractivity contribution in [1.29, 1.82) is 0 Å². The summed E-state index contributed by atoms with van der Waals surface area (Å²) in [7, 11) is 0. The summed E-state index contributed by atoms with van der Waals surface area (Å²) in [6.45, 7) is 13.4. The van der Waals surface area contributed by atoms with Gasteiger partial charge in [-0.1, -0.05) is 65.8 Å². The molecule has 1 aromatic heterocycles. The smallest absolute Gasteiger partial charge is 0.0725 e. The van der Waals surface area contributed by atoms with Gasteiger partial charge in [0.25, 0.3) is 0 Å². The number of nitrogens with one attached hydrogen (secondary N) is 1. The van der Waals surface area contributed by atoms with Crippen molar-refractivity contribution in [2.45, 2.75) is 48.0 Å². The van der Waals surface area contributed by atoms with E-state index in [4.69, 9.17) is 0 Å². The molecular weight excluding hydrogens is 244 g/mol. The van der Waals surface area contributed by atoms with Gasteiger partial charge in [0.1, 0.15) is 0 Å². The largest absolute Gasteiger partial charge is 0.277 e. The van der Waals surface area contributed by atoms with Gasteiger partial charge in [-0.3, -0.25) is 5.10 Å². The maximum Gasteiger partial charge on any atom is 0.0725 e. The van der Waals surface area contributed by atoms with Crippen molar-refractivity contribution < 1.29 is 0 Å². The van der Waals surface area contributed by atoms with E-state index in [1.54, 1.807) is 0 Å². The summed E-state index contributed by atoms with van der Waals surface area (Å²) in [6.07, 6.45) is 7.45. The molecule has 0 aliphatic heterocycles. The van der Waals surface area contributed by atoms with Crippen LogP contribution in [0.25, 0.3) is 17.0 Å². The van der Waals surface area contributed by atoms with Crippen molar-refractivity contribution in [1.82, 2.24) is 10.2 Å². The van der Waals surface area contributed by atoms with Gasteiger partial charge in [-0.05, 0) is 28.4 Å². The number of fused-ring (bicyclic) bond motifs is 1. The lowest BCUT2D eigenvalue weighted by Crippen LogP contribution is -2.09. The highest BCUT2D eigenvalue weighted by atomic mass is 15.1. The molecule has 0 atom stereocenters. The number of hydrogen-bond donors (Lipinski definition) is 1. The molecule has 0 spiro atoms. The van der Waals surface area contributed by atoms with Crippen LogP contribution in [0.15, 0.2) is 24.4 Å². The highest BCUT2D eigenvalue weighted by Gasteiger charge is 2.15. The van der Waals surface area contributed by atoms with Gasteiger partial charge in [0.05, 0.1) is 11.7 Å². The van der Waals surface area contributed by atoms with Crippen LogP contribution >= 0.6 is 0 Å². The molecule has 0 fully saturated rings. The number of benzene rings is 1. The fourth-order valence-electron chi connectivity index (χ4n) is 2.32. The summed E-state index contributed by atoms with van der Waals surface area (Å²) in [6, 6.07) is 4.44. The standard InChI is InChI=1S/C18H26N2/c1-17(2,3)10-9-13-7-8-14(11-18(4,5)6)15-12-19-20-16(13)15/h7-10,12H,11H2,1-6H3,(H,19,20)/b10-9+. The van der Waals surface area contributed by atoms with E-state index in [2.05, 4.69) is 76.0 Å². The number of aromatic amines is 1. The van der Waals surface area contributed by atoms with Gasteiger partial charge >= 0.3 is 0 Å². The van der Waals surface area contributed by atoms with Gasteiger partial charge < -0.3 is 0 Å². The molecule has 0 saturated carbocycles. The van der Waals surface area contributed by atoms with Gasteiger partial charge in [-0.2, -0.15) is 5.10 Å².